The quantitative estimate of drug-likeness (QED) is 0.532. The maximum absolute atomic E-state index is 5.33. The molecule has 5 heteroatoms. The van der Waals surface area contributed by atoms with Crippen LogP contribution in [-0.2, 0) is 0 Å². The zero-order valence-corrected chi connectivity index (χ0v) is 6.71. The third kappa shape index (κ3) is 2.55. The predicted molar refractivity (Wildman–Crippen MR) is 45.2 cm³/mol. The summed E-state index contributed by atoms with van der Waals surface area (Å²) >= 11 is 1.47. The molecule has 0 unspecified atom stereocenters. The van der Waals surface area contributed by atoms with E-state index in [1.807, 2.05) is 0 Å². The molecule has 0 atom stereocenters. The van der Waals surface area contributed by atoms with E-state index in [2.05, 4.69) is 21.5 Å². The lowest BCUT2D eigenvalue weighted by Gasteiger charge is -1.94. The normalized spacial score (nSPS) is 9.45. The van der Waals surface area contributed by atoms with Crippen LogP contribution in [0.1, 0.15) is 0 Å². The van der Waals surface area contributed by atoms with Gasteiger partial charge in [-0.2, -0.15) is 4.98 Å². The maximum Gasteiger partial charge on any atom is 0.223 e. The number of aromatic nitrogens is 3. The SMILES string of the molecule is C=CCSc1ncnc(N)n1. The summed E-state index contributed by atoms with van der Waals surface area (Å²) in [6.45, 7) is 3.57. The van der Waals surface area contributed by atoms with Crippen molar-refractivity contribution < 1.29 is 0 Å². The van der Waals surface area contributed by atoms with Gasteiger partial charge in [0.1, 0.15) is 6.33 Å². The molecule has 0 amide bonds. The minimum absolute atomic E-state index is 0.256. The number of hydrogen-bond donors (Lipinski definition) is 1. The number of nitrogen functional groups attached to an aromatic ring is 1. The largest absolute Gasteiger partial charge is 0.368 e. The first kappa shape index (κ1) is 8.00. The lowest BCUT2D eigenvalue weighted by atomic mass is 10.8. The molecule has 0 bridgehead atoms. The molecule has 0 aliphatic carbocycles. The fraction of sp³-hybridized carbons (Fsp3) is 0.167. The summed E-state index contributed by atoms with van der Waals surface area (Å²) in [7, 11) is 0. The predicted octanol–water partition coefficient (Wildman–Crippen LogP) is 0.732. The van der Waals surface area contributed by atoms with E-state index in [4.69, 9.17) is 5.73 Å². The molecule has 1 aromatic rings. The second kappa shape index (κ2) is 3.92. The van der Waals surface area contributed by atoms with Gasteiger partial charge in [-0.15, -0.1) is 6.58 Å². The van der Waals surface area contributed by atoms with Crippen LogP contribution < -0.4 is 5.73 Å². The van der Waals surface area contributed by atoms with Crippen LogP contribution in [0.5, 0.6) is 0 Å². The molecule has 0 radical (unpaired) electrons. The topological polar surface area (TPSA) is 64.7 Å². The van der Waals surface area contributed by atoms with Crippen molar-refractivity contribution in [3.05, 3.63) is 19.0 Å². The number of rotatable bonds is 3. The Balaban J connectivity index is 2.63. The second-order valence-corrected chi connectivity index (χ2v) is 2.71. The zero-order chi connectivity index (χ0) is 8.10. The Bertz CT molecular complexity index is 250. The van der Waals surface area contributed by atoms with Gasteiger partial charge in [0.2, 0.25) is 5.95 Å². The molecule has 4 nitrogen and oxygen atoms in total. The Morgan fingerprint density at radius 2 is 2.45 bits per heavy atom. The number of thioether (sulfide) groups is 1. The number of nitrogens with two attached hydrogens (primary N) is 1. The highest BCUT2D eigenvalue weighted by Crippen LogP contribution is 2.10. The van der Waals surface area contributed by atoms with Crippen molar-refractivity contribution in [1.82, 2.24) is 15.0 Å². The van der Waals surface area contributed by atoms with Gasteiger partial charge in [0.25, 0.3) is 0 Å². The van der Waals surface area contributed by atoms with E-state index < -0.39 is 0 Å². The molecule has 0 fully saturated rings. The molecule has 11 heavy (non-hydrogen) atoms. The van der Waals surface area contributed by atoms with Crippen LogP contribution in [0, 0.1) is 0 Å². The molecule has 1 rings (SSSR count). The van der Waals surface area contributed by atoms with Crippen LogP contribution in [0.4, 0.5) is 5.95 Å². The van der Waals surface area contributed by atoms with Crippen LogP contribution in [0.25, 0.3) is 0 Å². The van der Waals surface area contributed by atoms with Gasteiger partial charge < -0.3 is 5.73 Å². The Labute approximate surface area is 69.0 Å². The average Bonchev–Trinajstić information content (AvgIpc) is 2.01. The van der Waals surface area contributed by atoms with Crippen molar-refractivity contribution >= 4 is 17.7 Å². The zero-order valence-electron chi connectivity index (χ0n) is 5.90. The van der Waals surface area contributed by atoms with Gasteiger partial charge in [0.15, 0.2) is 5.16 Å². The molecule has 0 aromatic carbocycles. The molecule has 58 valence electrons. The molecule has 0 spiro atoms. The molecule has 1 heterocycles. The number of anilines is 1. The summed E-state index contributed by atoms with van der Waals surface area (Å²) in [4.78, 5) is 11.4. The van der Waals surface area contributed by atoms with Gasteiger partial charge >= 0.3 is 0 Å². The van der Waals surface area contributed by atoms with E-state index in [9.17, 15) is 0 Å². The minimum Gasteiger partial charge on any atom is -0.368 e. The summed E-state index contributed by atoms with van der Waals surface area (Å²) in [6, 6.07) is 0. The van der Waals surface area contributed by atoms with E-state index in [1.54, 1.807) is 6.08 Å². The van der Waals surface area contributed by atoms with Crippen molar-refractivity contribution in [2.75, 3.05) is 11.5 Å². The highest BCUT2D eigenvalue weighted by molar-refractivity contribution is 7.99. The summed E-state index contributed by atoms with van der Waals surface area (Å²) in [6.07, 6.45) is 3.18. The lowest BCUT2D eigenvalue weighted by Crippen LogP contribution is -1.96. The molecule has 0 saturated heterocycles. The van der Waals surface area contributed by atoms with Crippen molar-refractivity contribution in [3.8, 4) is 0 Å². The van der Waals surface area contributed by atoms with Crippen molar-refractivity contribution in [2.24, 2.45) is 0 Å². The number of nitrogens with zero attached hydrogens (tertiary/aromatic N) is 3. The fourth-order valence-corrected chi connectivity index (χ4v) is 1.04. The van der Waals surface area contributed by atoms with Crippen LogP contribution >= 0.6 is 11.8 Å². The lowest BCUT2D eigenvalue weighted by molar-refractivity contribution is 0.917. The highest BCUT2D eigenvalue weighted by Gasteiger charge is 1.95. The van der Waals surface area contributed by atoms with E-state index >= 15 is 0 Å². The Kier molecular flexibility index (Phi) is 2.85. The van der Waals surface area contributed by atoms with Crippen molar-refractivity contribution in [2.45, 2.75) is 5.16 Å². The molecule has 1 aromatic heterocycles. The standard InChI is InChI=1S/C6H8N4S/c1-2-3-11-6-9-4-8-5(7)10-6/h2,4H,1,3H2,(H2,7,8,9,10). The molecule has 0 saturated carbocycles. The minimum atomic E-state index is 0.256. The van der Waals surface area contributed by atoms with Gasteiger partial charge in [-0.05, 0) is 0 Å². The van der Waals surface area contributed by atoms with E-state index in [-0.39, 0.29) is 5.95 Å². The van der Waals surface area contributed by atoms with E-state index in [0.717, 1.165) is 5.75 Å². The first-order valence-electron chi connectivity index (χ1n) is 3.01. The summed E-state index contributed by atoms with van der Waals surface area (Å²) in [5.74, 6) is 1.04. The van der Waals surface area contributed by atoms with E-state index in [0.29, 0.717) is 5.16 Å². The van der Waals surface area contributed by atoms with Crippen molar-refractivity contribution in [3.63, 3.8) is 0 Å². The Morgan fingerprint density at radius 3 is 3.09 bits per heavy atom. The summed E-state index contributed by atoms with van der Waals surface area (Å²) < 4.78 is 0. The van der Waals surface area contributed by atoms with E-state index in [1.165, 1.54) is 18.1 Å². The average molecular weight is 168 g/mol. The van der Waals surface area contributed by atoms with Crippen LogP contribution in [0.15, 0.2) is 24.1 Å². The molecule has 0 aliphatic heterocycles. The fourth-order valence-electron chi connectivity index (χ4n) is 0.496. The van der Waals surface area contributed by atoms with Crippen LogP contribution in [-0.4, -0.2) is 20.7 Å². The Hall–Kier alpha value is -1.10. The number of hydrogen-bond acceptors (Lipinski definition) is 5. The monoisotopic (exact) mass is 168 g/mol. The van der Waals surface area contributed by atoms with Crippen LogP contribution in [0.3, 0.4) is 0 Å². The smallest absolute Gasteiger partial charge is 0.223 e. The van der Waals surface area contributed by atoms with Crippen molar-refractivity contribution in [1.29, 1.82) is 0 Å². The van der Waals surface area contributed by atoms with Gasteiger partial charge in [-0.25, -0.2) is 9.97 Å². The molecular formula is C6H8N4S. The second-order valence-electron chi connectivity index (χ2n) is 1.73. The van der Waals surface area contributed by atoms with Crippen LogP contribution in [0.2, 0.25) is 0 Å². The maximum atomic E-state index is 5.33. The third-order valence-corrected chi connectivity index (χ3v) is 1.76. The van der Waals surface area contributed by atoms with Gasteiger partial charge in [0, 0.05) is 5.75 Å². The van der Waals surface area contributed by atoms with Gasteiger partial charge in [0.05, 0.1) is 0 Å². The summed E-state index contributed by atoms with van der Waals surface area (Å²) in [5, 5.41) is 0.636. The molecule has 0 aliphatic rings. The first-order valence-corrected chi connectivity index (χ1v) is 3.99. The van der Waals surface area contributed by atoms with Gasteiger partial charge in [-0.1, -0.05) is 17.8 Å². The Morgan fingerprint density at radius 1 is 1.64 bits per heavy atom. The van der Waals surface area contributed by atoms with Gasteiger partial charge in [-0.3, -0.25) is 0 Å². The molecular weight excluding hydrogens is 160 g/mol. The third-order valence-electron chi connectivity index (χ3n) is 0.899. The highest BCUT2D eigenvalue weighted by atomic mass is 32.2. The molecule has 2 N–H and O–H groups in total. The first-order chi connectivity index (χ1) is 5.33. The summed E-state index contributed by atoms with van der Waals surface area (Å²) in [5.41, 5.74) is 5.33.